The summed E-state index contributed by atoms with van der Waals surface area (Å²) in [5.41, 5.74) is 6.93. The van der Waals surface area contributed by atoms with E-state index in [-0.39, 0.29) is 0 Å². The number of rotatable bonds is 5. The van der Waals surface area contributed by atoms with E-state index in [1.807, 2.05) is 25.1 Å². The van der Waals surface area contributed by atoms with Crippen LogP contribution in [0.1, 0.15) is 33.1 Å². The lowest BCUT2D eigenvalue weighted by Gasteiger charge is -2.15. The lowest BCUT2D eigenvalue weighted by Crippen LogP contribution is -2.32. The number of unbranched alkanes of at least 4 members (excludes halogenated alkanes) is 1. The largest absolute Gasteiger partial charge is 0.350 e. The molecule has 0 aliphatic rings. The average molecular weight is 233 g/mol. The molecular weight excluding hydrogens is 214 g/mol. The quantitative estimate of drug-likeness (QED) is 0.616. The summed E-state index contributed by atoms with van der Waals surface area (Å²) < 4.78 is 0. The minimum atomic E-state index is -0.563. The van der Waals surface area contributed by atoms with E-state index in [0.717, 1.165) is 25.0 Å². The number of hydrogen-bond donors (Lipinski definition) is 1. The van der Waals surface area contributed by atoms with Gasteiger partial charge in [-0.05, 0) is 31.9 Å². The van der Waals surface area contributed by atoms with E-state index in [1.165, 1.54) is 5.01 Å². The Hall–Kier alpha value is -1.84. The van der Waals surface area contributed by atoms with Crippen molar-refractivity contribution in [2.24, 2.45) is 10.8 Å². The van der Waals surface area contributed by atoms with Crippen molar-refractivity contribution in [3.05, 3.63) is 30.3 Å². The molecule has 0 unspecified atom stereocenters. The molecule has 1 aromatic carbocycles. The molecule has 0 fully saturated rings. The monoisotopic (exact) mass is 233 g/mol. The summed E-state index contributed by atoms with van der Waals surface area (Å²) in [4.78, 5) is 11.4. The first-order chi connectivity index (χ1) is 8.15. The van der Waals surface area contributed by atoms with E-state index in [0.29, 0.717) is 5.69 Å². The molecular formula is C13H19N3O. The summed E-state index contributed by atoms with van der Waals surface area (Å²) in [7, 11) is 0. The van der Waals surface area contributed by atoms with Gasteiger partial charge in [0.25, 0.3) is 0 Å². The molecule has 0 aliphatic heterocycles. The molecule has 0 radical (unpaired) electrons. The summed E-state index contributed by atoms with van der Waals surface area (Å²) in [5.74, 6) is 0. The third kappa shape index (κ3) is 4.26. The SMILES string of the molecule is CCCC/C(C)=N/N(C(N)=O)c1ccccc1. The Labute approximate surface area is 102 Å². The van der Waals surface area contributed by atoms with Gasteiger partial charge in [0, 0.05) is 5.71 Å². The third-order valence-corrected chi connectivity index (χ3v) is 2.37. The molecule has 2 N–H and O–H groups in total. The lowest BCUT2D eigenvalue weighted by molar-refractivity contribution is 0.254. The molecule has 1 aromatic rings. The van der Waals surface area contributed by atoms with Crippen LogP contribution < -0.4 is 10.7 Å². The highest BCUT2D eigenvalue weighted by Gasteiger charge is 2.10. The Morgan fingerprint density at radius 1 is 1.35 bits per heavy atom. The highest BCUT2D eigenvalue weighted by atomic mass is 16.2. The van der Waals surface area contributed by atoms with Crippen LogP contribution in [0.15, 0.2) is 35.4 Å². The van der Waals surface area contributed by atoms with Crippen molar-refractivity contribution in [3.8, 4) is 0 Å². The summed E-state index contributed by atoms with van der Waals surface area (Å²) in [6, 6.07) is 8.63. The molecule has 0 bridgehead atoms. The maximum Gasteiger partial charge on any atom is 0.339 e. The normalized spacial score (nSPS) is 11.3. The first-order valence-corrected chi connectivity index (χ1v) is 5.83. The highest BCUT2D eigenvalue weighted by molar-refractivity contribution is 5.93. The van der Waals surface area contributed by atoms with Gasteiger partial charge in [-0.25, -0.2) is 4.79 Å². The second-order valence-corrected chi connectivity index (χ2v) is 3.92. The number of benzene rings is 1. The molecule has 0 saturated carbocycles. The Kier molecular flexibility index (Phi) is 5.20. The molecule has 2 amide bonds. The van der Waals surface area contributed by atoms with E-state index < -0.39 is 6.03 Å². The van der Waals surface area contributed by atoms with Gasteiger partial charge in [-0.15, -0.1) is 0 Å². The van der Waals surface area contributed by atoms with Gasteiger partial charge in [0.1, 0.15) is 0 Å². The molecule has 4 nitrogen and oxygen atoms in total. The van der Waals surface area contributed by atoms with E-state index >= 15 is 0 Å². The number of carbonyl (C=O) groups is 1. The van der Waals surface area contributed by atoms with E-state index in [4.69, 9.17) is 5.73 Å². The number of urea groups is 1. The maximum atomic E-state index is 11.4. The topological polar surface area (TPSA) is 58.7 Å². The van der Waals surface area contributed by atoms with Crippen molar-refractivity contribution >= 4 is 17.4 Å². The van der Waals surface area contributed by atoms with Crippen LogP contribution in [0.5, 0.6) is 0 Å². The van der Waals surface area contributed by atoms with Gasteiger partial charge in [0.15, 0.2) is 0 Å². The zero-order valence-corrected chi connectivity index (χ0v) is 10.4. The second kappa shape index (κ2) is 6.68. The van der Waals surface area contributed by atoms with Crippen molar-refractivity contribution in [2.75, 3.05) is 5.01 Å². The van der Waals surface area contributed by atoms with E-state index in [2.05, 4.69) is 12.0 Å². The number of primary amides is 1. The Bertz CT molecular complexity index is 387. The molecule has 1 rings (SSSR count). The van der Waals surface area contributed by atoms with Gasteiger partial charge in [-0.3, -0.25) is 0 Å². The summed E-state index contributed by atoms with van der Waals surface area (Å²) in [6.07, 6.45) is 3.05. The van der Waals surface area contributed by atoms with Crippen LogP contribution in [0.25, 0.3) is 0 Å². The first-order valence-electron chi connectivity index (χ1n) is 5.83. The van der Waals surface area contributed by atoms with Crippen LogP contribution in [0.4, 0.5) is 10.5 Å². The first kappa shape index (κ1) is 13.2. The molecule has 0 heterocycles. The fourth-order valence-electron chi connectivity index (χ4n) is 1.46. The highest BCUT2D eigenvalue weighted by Crippen LogP contribution is 2.14. The Balaban J connectivity index is 2.84. The summed E-state index contributed by atoms with van der Waals surface area (Å²) in [5, 5.41) is 5.50. The number of nitrogens with two attached hydrogens (primary N) is 1. The molecule has 0 atom stereocenters. The fourth-order valence-corrected chi connectivity index (χ4v) is 1.46. The molecule has 0 spiro atoms. The molecule has 17 heavy (non-hydrogen) atoms. The number of anilines is 1. The number of carbonyl (C=O) groups excluding carboxylic acids is 1. The van der Waals surface area contributed by atoms with Crippen LogP contribution in [-0.2, 0) is 0 Å². The summed E-state index contributed by atoms with van der Waals surface area (Å²) >= 11 is 0. The van der Waals surface area contributed by atoms with Gasteiger partial charge in [0.2, 0.25) is 0 Å². The Morgan fingerprint density at radius 2 is 2.00 bits per heavy atom. The van der Waals surface area contributed by atoms with Gasteiger partial charge in [0.05, 0.1) is 5.69 Å². The predicted octanol–water partition coefficient (Wildman–Crippen LogP) is 3.14. The standard InChI is InChI=1S/C13H19N3O/c1-3-4-8-11(2)15-16(13(14)17)12-9-6-5-7-10-12/h5-7,9-10H,3-4,8H2,1-2H3,(H2,14,17)/b15-11+. The van der Waals surface area contributed by atoms with Crippen LogP contribution in [0.2, 0.25) is 0 Å². The van der Waals surface area contributed by atoms with Gasteiger partial charge in [-0.2, -0.15) is 10.1 Å². The van der Waals surface area contributed by atoms with Crippen molar-refractivity contribution in [2.45, 2.75) is 33.1 Å². The van der Waals surface area contributed by atoms with Crippen LogP contribution >= 0.6 is 0 Å². The second-order valence-electron chi connectivity index (χ2n) is 3.92. The van der Waals surface area contributed by atoms with Crippen molar-refractivity contribution in [3.63, 3.8) is 0 Å². The van der Waals surface area contributed by atoms with Gasteiger partial charge >= 0.3 is 6.03 Å². The zero-order valence-electron chi connectivity index (χ0n) is 10.4. The van der Waals surface area contributed by atoms with E-state index in [1.54, 1.807) is 12.1 Å². The van der Waals surface area contributed by atoms with Crippen LogP contribution in [-0.4, -0.2) is 11.7 Å². The number of para-hydroxylation sites is 1. The molecule has 4 heteroatoms. The maximum absolute atomic E-state index is 11.4. The zero-order chi connectivity index (χ0) is 12.7. The van der Waals surface area contributed by atoms with Crippen molar-refractivity contribution in [1.82, 2.24) is 0 Å². The van der Waals surface area contributed by atoms with Gasteiger partial charge < -0.3 is 5.73 Å². The number of hydrogen-bond acceptors (Lipinski definition) is 2. The van der Waals surface area contributed by atoms with Crippen molar-refractivity contribution < 1.29 is 4.79 Å². The molecule has 0 aromatic heterocycles. The number of hydrazone groups is 1. The minimum Gasteiger partial charge on any atom is -0.350 e. The predicted molar refractivity (Wildman–Crippen MR) is 71.1 cm³/mol. The van der Waals surface area contributed by atoms with Crippen LogP contribution in [0, 0.1) is 0 Å². The van der Waals surface area contributed by atoms with E-state index in [9.17, 15) is 4.79 Å². The number of nitrogens with zero attached hydrogens (tertiary/aromatic N) is 2. The van der Waals surface area contributed by atoms with Crippen molar-refractivity contribution in [1.29, 1.82) is 0 Å². The van der Waals surface area contributed by atoms with Crippen LogP contribution in [0.3, 0.4) is 0 Å². The van der Waals surface area contributed by atoms with Gasteiger partial charge in [-0.1, -0.05) is 31.5 Å². The Morgan fingerprint density at radius 3 is 2.53 bits per heavy atom. The molecule has 0 saturated heterocycles. The third-order valence-electron chi connectivity index (χ3n) is 2.37. The molecule has 92 valence electrons. The molecule has 0 aliphatic carbocycles. The smallest absolute Gasteiger partial charge is 0.339 e. The minimum absolute atomic E-state index is 0.563. The number of amides is 2. The fraction of sp³-hybridized carbons (Fsp3) is 0.385. The lowest BCUT2D eigenvalue weighted by atomic mass is 10.2. The average Bonchev–Trinajstić information content (AvgIpc) is 2.34. The summed E-state index contributed by atoms with van der Waals surface area (Å²) in [6.45, 7) is 4.03.